The van der Waals surface area contributed by atoms with E-state index >= 15 is 0 Å². The van der Waals surface area contributed by atoms with Gasteiger partial charge >= 0.3 is 0 Å². The predicted octanol–water partition coefficient (Wildman–Crippen LogP) is 4.93. The Morgan fingerprint density at radius 1 is 1.07 bits per heavy atom. The van der Waals surface area contributed by atoms with Crippen LogP contribution in [0.1, 0.15) is 34.9 Å². The van der Waals surface area contributed by atoms with E-state index in [0.717, 1.165) is 36.4 Å². The topological polar surface area (TPSA) is 51.2 Å². The molecule has 4 nitrogen and oxygen atoms in total. The Kier molecular flexibility index (Phi) is 5.43. The number of rotatable bonds is 6. The maximum atomic E-state index is 11.2. The first-order valence-corrected chi connectivity index (χ1v) is 9.80. The summed E-state index contributed by atoms with van der Waals surface area (Å²) in [5, 5.41) is 2.81. The van der Waals surface area contributed by atoms with Crippen LogP contribution in [0.4, 0.5) is 5.69 Å². The van der Waals surface area contributed by atoms with Crippen molar-refractivity contribution in [1.82, 2.24) is 4.98 Å². The molecule has 2 aromatic carbocycles. The number of anilines is 1. The van der Waals surface area contributed by atoms with E-state index in [9.17, 15) is 4.79 Å². The summed E-state index contributed by atoms with van der Waals surface area (Å²) < 4.78 is 5.16. The average Bonchev–Trinajstić information content (AvgIpc) is 3.16. The molecule has 1 heterocycles. The zero-order chi connectivity index (χ0) is 20.2. The summed E-state index contributed by atoms with van der Waals surface area (Å²) in [6.07, 6.45) is 6.85. The molecule has 0 atom stereocenters. The number of hydrogen-bond acceptors (Lipinski definition) is 3. The third kappa shape index (κ3) is 4.54. The first kappa shape index (κ1) is 18.9. The van der Waals surface area contributed by atoms with Gasteiger partial charge in [0.1, 0.15) is 5.75 Å². The van der Waals surface area contributed by atoms with Crippen molar-refractivity contribution < 1.29 is 9.53 Å². The van der Waals surface area contributed by atoms with Gasteiger partial charge in [-0.2, -0.15) is 0 Å². The van der Waals surface area contributed by atoms with Gasteiger partial charge in [0.05, 0.1) is 13.3 Å². The molecule has 0 fully saturated rings. The molecule has 146 valence electrons. The van der Waals surface area contributed by atoms with Gasteiger partial charge in [0.15, 0.2) is 0 Å². The Morgan fingerprint density at radius 3 is 2.59 bits per heavy atom. The van der Waals surface area contributed by atoms with Gasteiger partial charge in [0, 0.05) is 18.3 Å². The van der Waals surface area contributed by atoms with Crippen LogP contribution in [0, 0.1) is 0 Å². The minimum absolute atomic E-state index is 0.0531. The maximum Gasteiger partial charge on any atom is 0.221 e. The van der Waals surface area contributed by atoms with E-state index in [2.05, 4.69) is 46.7 Å². The van der Waals surface area contributed by atoms with Crippen LogP contribution < -0.4 is 10.1 Å². The highest BCUT2D eigenvalue weighted by atomic mass is 16.5. The van der Waals surface area contributed by atoms with Gasteiger partial charge in [-0.1, -0.05) is 36.4 Å². The average molecular weight is 384 g/mol. The molecule has 0 spiro atoms. The molecule has 1 aliphatic rings. The number of methoxy groups -OCH3 is 1. The van der Waals surface area contributed by atoms with Gasteiger partial charge < -0.3 is 10.1 Å². The van der Waals surface area contributed by atoms with E-state index in [1.165, 1.54) is 34.8 Å². The van der Waals surface area contributed by atoms with Crippen molar-refractivity contribution in [2.75, 3.05) is 12.4 Å². The van der Waals surface area contributed by atoms with E-state index in [0.29, 0.717) is 0 Å². The lowest BCUT2D eigenvalue weighted by Crippen LogP contribution is -2.05. The SMILES string of the molecule is COc1ccc(CCc2ccc3c(c2)C=C(c2ccc(NC(C)=O)cc2)C3)nc1. The smallest absolute Gasteiger partial charge is 0.221 e. The molecule has 0 radical (unpaired) electrons. The second kappa shape index (κ2) is 8.31. The molecule has 4 heteroatoms. The lowest BCUT2D eigenvalue weighted by molar-refractivity contribution is -0.114. The summed E-state index contributed by atoms with van der Waals surface area (Å²) in [5.41, 5.74) is 8.37. The molecule has 1 amide bonds. The molecule has 0 aliphatic heterocycles. The summed E-state index contributed by atoms with van der Waals surface area (Å²) in [7, 11) is 1.65. The third-order valence-corrected chi connectivity index (χ3v) is 5.20. The van der Waals surface area contributed by atoms with Crippen molar-refractivity contribution in [3.8, 4) is 5.75 Å². The van der Waals surface area contributed by atoms with Crippen LogP contribution in [-0.2, 0) is 24.1 Å². The van der Waals surface area contributed by atoms with Crippen LogP contribution in [0.2, 0.25) is 0 Å². The largest absolute Gasteiger partial charge is 0.495 e. The molecule has 1 N–H and O–H groups in total. The lowest BCUT2D eigenvalue weighted by atomic mass is 10.0. The van der Waals surface area contributed by atoms with E-state index in [1.807, 2.05) is 24.3 Å². The van der Waals surface area contributed by atoms with Crippen molar-refractivity contribution in [3.05, 3.63) is 88.7 Å². The van der Waals surface area contributed by atoms with Crippen LogP contribution in [0.15, 0.2) is 60.8 Å². The Labute approximate surface area is 171 Å². The molecule has 1 aromatic heterocycles. The number of aromatic nitrogens is 1. The van der Waals surface area contributed by atoms with Crippen LogP contribution in [0.3, 0.4) is 0 Å². The fourth-order valence-corrected chi connectivity index (χ4v) is 3.65. The fourth-order valence-electron chi connectivity index (χ4n) is 3.65. The fraction of sp³-hybridized carbons (Fsp3) is 0.200. The van der Waals surface area contributed by atoms with Crippen LogP contribution in [0.25, 0.3) is 11.6 Å². The zero-order valence-corrected chi connectivity index (χ0v) is 16.7. The van der Waals surface area contributed by atoms with Crippen molar-refractivity contribution in [2.45, 2.75) is 26.2 Å². The summed E-state index contributed by atoms with van der Waals surface area (Å²) in [6.45, 7) is 1.52. The van der Waals surface area contributed by atoms with Gasteiger partial charge in [0.25, 0.3) is 0 Å². The van der Waals surface area contributed by atoms with Crippen molar-refractivity contribution in [1.29, 1.82) is 0 Å². The Bertz CT molecular complexity index is 1050. The molecule has 0 saturated heterocycles. The third-order valence-electron chi connectivity index (χ3n) is 5.20. The number of amides is 1. The Hall–Kier alpha value is -3.40. The first-order valence-electron chi connectivity index (χ1n) is 9.80. The monoisotopic (exact) mass is 384 g/mol. The van der Waals surface area contributed by atoms with Crippen LogP contribution in [0.5, 0.6) is 5.75 Å². The summed E-state index contributed by atoms with van der Waals surface area (Å²) in [4.78, 5) is 15.6. The Morgan fingerprint density at radius 2 is 1.90 bits per heavy atom. The number of benzene rings is 2. The van der Waals surface area contributed by atoms with Crippen molar-refractivity contribution in [2.24, 2.45) is 0 Å². The Balaban J connectivity index is 1.44. The van der Waals surface area contributed by atoms with Crippen LogP contribution in [-0.4, -0.2) is 18.0 Å². The van der Waals surface area contributed by atoms with Gasteiger partial charge in [-0.3, -0.25) is 9.78 Å². The first-order chi connectivity index (χ1) is 14.1. The van der Waals surface area contributed by atoms with Gasteiger partial charge in [0.2, 0.25) is 5.91 Å². The molecule has 3 aromatic rings. The molecule has 4 rings (SSSR count). The highest BCUT2D eigenvalue weighted by Crippen LogP contribution is 2.32. The maximum absolute atomic E-state index is 11.2. The summed E-state index contributed by atoms with van der Waals surface area (Å²) in [6, 6.07) is 18.8. The van der Waals surface area contributed by atoms with Gasteiger partial charge in [-0.15, -0.1) is 0 Å². The number of carbonyl (C=O) groups is 1. The van der Waals surface area contributed by atoms with Crippen LogP contribution >= 0.6 is 0 Å². The normalized spacial score (nSPS) is 12.3. The van der Waals surface area contributed by atoms with E-state index in [4.69, 9.17) is 4.74 Å². The molecular formula is C25H24N2O2. The van der Waals surface area contributed by atoms with Gasteiger partial charge in [-0.25, -0.2) is 0 Å². The quantitative estimate of drug-likeness (QED) is 0.656. The standard InChI is InChI=1S/C25H24N2O2/c1-17(28)27-24-9-6-19(7-10-24)22-14-20-5-3-18(13-21(20)15-22)4-8-23-11-12-25(29-2)16-26-23/h3,5-7,9-13,15-16H,4,8,14H2,1-2H3,(H,27,28). The number of hydrogen-bond donors (Lipinski definition) is 1. The lowest BCUT2D eigenvalue weighted by Gasteiger charge is -2.06. The minimum Gasteiger partial charge on any atom is -0.495 e. The number of ether oxygens (including phenoxy) is 1. The highest BCUT2D eigenvalue weighted by molar-refractivity contribution is 5.91. The second-order valence-electron chi connectivity index (χ2n) is 7.33. The molecule has 0 bridgehead atoms. The highest BCUT2D eigenvalue weighted by Gasteiger charge is 2.14. The molecular weight excluding hydrogens is 360 g/mol. The summed E-state index contributed by atoms with van der Waals surface area (Å²) in [5.74, 6) is 0.733. The van der Waals surface area contributed by atoms with E-state index < -0.39 is 0 Å². The zero-order valence-electron chi connectivity index (χ0n) is 16.7. The van der Waals surface area contributed by atoms with E-state index in [1.54, 1.807) is 13.3 Å². The minimum atomic E-state index is -0.0531. The predicted molar refractivity (Wildman–Crippen MR) is 117 cm³/mol. The number of nitrogens with one attached hydrogen (secondary N) is 1. The molecule has 0 saturated carbocycles. The number of pyridine rings is 1. The number of fused-ring (bicyclic) bond motifs is 1. The van der Waals surface area contributed by atoms with Crippen molar-refractivity contribution >= 4 is 23.2 Å². The molecule has 29 heavy (non-hydrogen) atoms. The number of nitrogens with zero attached hydrogens (tertiary/aromatic N) is 1. The van der Waals surface area contributed by atoms with E-state index in [-0.39, 0.29) is 5.91 Å². The molecule has 0 unspecified atom stereocenters. The number of carbonyl (C=O) groups excluding carboxylic acids is 1. The summed E-state index contributed by atoms with van der Waals surface area (Å²) >= 11 is 0. The number of aryl methyl sites for hydroxylation is 2. The number of allylic oxidation sites excluding steroid dienone is 1. The van der Waals surface area contributed by atoms with Gasteiger partial charge in [-0.05, 0) is 71.4 Å². The van der Waals surface area contributed by atoms with Crippen molar-refractivity contribution in [3.63, 3.8) is 0 Å². The second-order valence-corrected chi connectivity index (χ2v) is 7.33. The molecule has 1 aliphatic carbocycles.